The second kappa shape index (κ2) is 9.73. The van der Waals surface area contributed by atoms with Crippen molar-refractivity contribution >= 4 is 11.8 Å². The van der Waals surface area contributed by atoms with Crippen LogP contribution in [0.15, 0.2) is 87.9 Å². The summed E-state index contributed by atoms with van der Waals surface area (Å²) in [5.74, 6) is -0.354. The average molecular weight is 487 g/mol. The van der Waals surface area contributed by atoms with E-state index in [2.05, 4.69) is 10.3 Å². The molecule has 2 N–H and O–H groups in total. The molecule has 0 fully saturated rings. The van der Waals surface area contributed by atoms with Crippen LogP contribution in [0.1, 0.15) is 48.6 Å². The lowest BCUT2D eigenvalue weighted by Crippen LogP contribution is -2.36. The molecule has 0 unspecified atom stereocenters. The van der Waals surface area contributed by atoms with Gasteiger partial charge in [-0.3, -0.25) is 4.79 Å². The highest BCUT2D eigenvalue weighted by Gasteiger charge is 2.42. The highest BCUT2D eigenvalue weighted by molar-refractivity contribution is 6.04. The number of allylic oxidation sites excluding steroid dienone is 3. The number of ether oxygens (including phenoxy) is 2. The first-order chi connectivity index (χ1) is 17.5. The molecule has 2 aromatic carbocycles. The molecule has 0 radical (unpaired) electrons. The first-order valence-electron chi connectivity index (χ1n) is 11.7. The predicted octanol–water partition coefficient (Wildman–Crippen LogP) is 4.49. The molecule has 0 saturated heterocycles. The number of aromatic hydroxyl groups is 1. The molecule has 1 aliphatic heterocycles. The molecular weight excluding hydrogens is 460 g/mol. The van der Waals surface area contributed by atoms with E-state index in [1.54, 1.807) is 38.3 Å². The van der Waals surface area contributed by atoms with E-state index in [-0.39, 0.29) is 36.4 Å². The molecule has 8 nitrogen and oxygen atoms in total. The minimum atomic E-state index is -0.684. The van der Waals surface area contributed by atoms with E-state index in [0.717, 1.165) is 17.0 Å². The summed E-state index contributed by atoms with van der Waals surface area (Å²) in [6, 6.07) is 14.3. The summed E-state index contributed by atoms with van der Waals surface area (Å²) in [6.07, 6.45) is 3.73. The van der Waals surface area contributed by atoms with Crippen LogP contribution in [-0.4, -0.2) is 29.0 Å². The number of methoxy groups -OCH3 is 1. The number of phenolic OH excluding ortho intramolecular Hbond substituents is 1. The highest BCUT2D eigenvalue weighted by Crippen LogP contribution is 2.47. The van der Waals surface area contributed by atoms with Crippen LogP contribution in [0.4, 0.5) is 0 Å². The molecule has 0 amide bonds. The van der Waals surface area contributed by atoms with Gasteiger partial charge >= 0.3 is 5.97 Å². The molecule has 2 atom stereocenters. The van der Waals surface area contributed by atoms with Crippen molar-refractivity contribution < 1.29 is 28.6 Å². The standard InChI is InChI=1S/C28H26N2O6/c1-16-25(28(33)36-15-24-29-10-11-35-24)26(17-6-5-7-19(31)12-17)27-21(30-16)13-18(14-22(27)32)20-8-3-4-9-23(20)34-2/h3-12,18,26,30-31H,13-15H2,1-2H3/t18-,26-/m1/s1. The van der Waals surface area contributed by atoms with Crippen molar-refractivity contribution in [1.29, 1.82) is 0 Å². The third-order valence-electron chi connectivity index (χ3n) is 6.64. The van der Waals surface area contributed by atoms with Gasteiger partial charge in [-0.1, -0.05) is 30.3 Å². The number of oxazole rings is 1. The number of aromatic nitrogens is 1. The number of carbonyl (C=O) groups is 2. The Labute approximate surface area is 208 Å². The van der Waals surface area contributed by atoms with Crippen LogP contribution in [0.25, 0.3) is 0 Å². The molecule has 184 valence electrons. The fourth-order valence-corrected chi connectivity index (χ4v) is 5.10. The zero-order valence-electron chi connectivity index (χ0n) is 20.0. The number of hydrogen-bond donors (Lipinski definition) is 2. The van der Waals surface area contributed by atoms with Crippen LogP contribution >= 0.6 is 0 Å². The summed E-state index contributed by atoms with van der Waals surface area (Å²) in [4.78, 5) is 31.0. The molecule has 5 rings (SSSR count). The Morgan fingerprint density at radius 2 is 2.03 bits per heavy atom. The number of ketones is 1. The number of rotatable bonds is 6. The second-order valence-electron chi connectivity index (χ2n) is 8.86. The first-order valence-corrected chi connectivity index (χ1v) is 11.7. The van der Waals surface area contributed by atoms with Gasteiger partial charge in [0.25, 0.3) is 0 Å². The van der Waals surface area contributed by atoms with Crippen molar-refractivity contribution in [2.75, 3.05) is 7.11 Å². The lowest BCUT2D eigenvalue weighted by atomic mass is 9.71. The van der Waals surface area contributed by atoms with Gasteiger partial charge in [-0.25, -0.2) is 9.78 Å². The molecule has 2 aliphatic rings. The summed E-state index contributed by atoms with van der Waals surface area (Å²) in [5.41, 5.74) is 3.78. The van der Waals surface area contributed by atoms with Gasteiger partial charge in [-0.05, 0) is 42.7 Å². The Balaban J connectivity index is 1.54. The average Bonchev–Trinajstić information content (AvgIpc) is 3.40. The monoisotopic (exact) mass is 486 g/mol. The van der Waals surface area contributed by atoms with Gasteiger partial charge in [0.15, 0.2) is 12.4 Å². The van der Waals surface area contributed by atoms with Crippen LogP contribution in [0.3, 0.4) is 0 Å². The van der Waals surface area contributed by atoms with Crippen molar-refractivity contribution in [3.63, 3.8) is 0 Å². The van der Waals surface area contributed by atoms with Crippen LogP contribution in [0.5, 0.6) is 11.5 Å². The maximum Gasteiger partial charge on any atom is 0.337 e. The van der Waals surface area contributed by atoms with Crippen molar-refractivity contribution in [2.24, 2.45) is 0 Å². The highest BCUT2D eigenvalue weighted by atomic mass is 16.5. The molecule has 0 saturated carbocycles. The van der Waals surface area contributed by atoms with Gasteiger partial charge < -0.3 is 24.3 Å². The normalized spacial score (nSPS) is 19.6. The zero-order chi connectivity index (χ0) is 25.2. The largest absolute Gasteiger partial charge is 0.508 e. The number of hydrogen-bond acceptors (Lipinski definition) is 8. The Morgan fingerprint density at radius 3 is 2.78 bits per heavy atom. The number of esters is 1. The lowest BCUT2D eigenvalue weighted by Gasteiger charge is -2.37. The fourth-order valence-electron chi connectivity index (χ4n) is 5.10. The third kappa shape index (κ3) is 4.37. The molecule has 36 heavy (non-hydrogen) atoms. The van der Waals surface area contributed by atoms with Gasteiger partial charge in [0, 0.05) is 35.2 Å². The first kappa shape index (κ1) is 23.4. The number of Topliss-reactive ketones (excluding diaryl/α,β-unsaturated/α-hetero) is 1. The molecular formula is C28H26N2O6. The number of phenols is 1. The minimum absolute atomic E-state index is 0.0495. The number of dihydropyridines is 1. The van der Waals surface area contributed by atoms with E-state index < -0.39 is 11.9 Å². The Hall–Kier alpha value is -4.33. The summed E-state index contributed by atoms with van der Waals surface area (Å²) in [5, 5.41) is 13.5. The Bertz CT molecular complexity index is 1370. The van der Waals surface area contributed by atoms with Crippen molar-refractivity contribution in [3.8, 4) is 11.5 Å². The topological polar surface area (TPSA) is 111 Å². The third-order valence-corrected chi connectivity index (χ3v) is 6.64. The summed E-state index contributed by atoms with van der Waals surface area (Å²) >= 11 is 0. The van der Waals surface area contributed by atoms with E-state index >= 15 is 0 Å². The maximum atomic E-state index is 13.7. The van der Waals surface area contributed by atoms with Crippen LogP contribution < -0.4 is 10.1 Å². The molecule has 3 aromatic rings. The van der Waals surface area contributed by atoms with E-state index in [4.69, 9.17) is 13.9 Å². The number of nitrogens with zero attached hydrogens (tertiary/aromatic N) is 1. The number of benzene rings is 2. The van der Waals surface area contributed by atoms with Gasteiger partial charge in [-0.2, -0.15) is 0 Å². The number of carbonyl (C=O) groups excluding carboxylic acids is 2. The smallest absolute Gasteiger partial charge is 0.337 e. The molecule has 2 heterocycles. The second-order valence-corrected chi connectivity index (χ2v) is 8.86. The molecule has 1 aromatic heterocycles. The molecule has 1 aliphatic carbocycles. The van der Waals surface area contributed by atoms with E-state index in [9.17, 15) is 14.7 Å². The zero-order valence-corrected chi connectivity index (χ0v) is 20.0. The molecule has 8 heteroatoms. The van der Waals surface area contributed by atoms with E-state index in [1.165, 1.54) is 12.5 Å². The molecule has 0 spiro atoms. The number of para-hydroxylation sites is 1. The van der Waals surface area contributed by atoms with Crippen molar-refractivity contribution in [2.45, 2.75) is 38.2 Å². The van der Waals surface area contributed by atoms with Crippen molar-refractivity contribution in [1.82, 2.24) is 10.3 Å². The van der Waals surface area contributed by atoms with E-state index in [0.29, 0.717) is 28.8 Å². The van der Waals surface area contributed by atoms with Crippen LogP contribution in [0.2, 0.25) is 0 Å². The van der Waals surface area contributed by atoms with Crippen LogP contribution in [0, 0.1) is 0 Å². The lowest BCUT2D eigenvalue weighted by molar-refractivity contribution is -0.141. The Kier molecular flexibility index (Phi) is 6.33. The maximum absolute atomic E-state index is 13.7. The number of nitrogens with one attached hydrogen (secondary N) is 1. The fraction of sp³-hybridized carbons (Fsp3) is 0.250. The van der Waals surface area contributed by atoms with Gasteiger partial charge in [0.05, 0.1) is 18.9 Å². The van der Waals surface area contributed by atoms with Crippen molar-refractivity contribution in [3.05, 3.63) is 101 Å². The molecule has 0 bridgehead atoms. The van der Waals surface area contributed by atoms with Crippen LogP contribution in [-0.2, 0) is 20.9 Å². The van der Waals surface area contributed by atoms with Gasteiger partial charge in [0.1, 0.15) is 17.8 Å². The quantitative estimate of drug-likeness (QED) is 0.490. The summed E-state index contributed by atoms with van der Waals surface area (Å²) in [7, 11) is 1.62. The van der Waals surface area contributed by atoms with Gasteiger partial charge in [-0.15, -0.1) is 0 Å². The Morgan fingerprint density at radius 1 is 1.19 bits per heavy atom. The minimum Gasteiger partial charge on any atom is -0.508 e. The summed E-state index contributed by atoms with van der Waals surface area (Å²) < 4.78 is 16.2. The van der Waals surface area contributed by atoms with E-state index in [1.807, 2.05) is 24.3 Å². The van der Waals surface area contributed by atoms with Gasteiger partial charge in [0.2, 0.25) is 5.89 Å². The summed E-state index contributed by atoms with van der Waals surface area (Å²) in [6.45, 7) is 1.66. The predicted molar refractivity (Wildman–Crippen MR) is 130 cm³/mol. The SMILES string of the molecule is COc1ccccc1[C@H]1CC(=O)C2=C(C1)NC(C)=C(C(=O)OCc1ncco1)[C@H]2c1cccc(O)c1.